The maximum atomic E-state index is 14.3. The van der Waals surface area contributed by atoms with E-state index < -0.39 is 87.6 Å². The van der Waals surface area contributed by atoms with Crippen LogP contribution in [-0.4, -0.2) is 182 Å². The van der Waals surface area contributed by atoms with Crippen LogP contribution in [0.25, 0.3) is 10.9 Å². The Bertz CT molecular complexity index is 2160. The van der Waals surface area contributed by atoms with Gasteiger partial charge in [0.2, 0.25) is 5.43 Å². The van der Waals surface area contributed by atoms with Gasteiger partial charge in [0, 0.05) is 68.9 Å². The monoisotopic (exact) mass is 1160 g/mol. The third-order valence-electron chi connectivity index (χ3n) is 15.8. The number of carbonyl (C=O) groups is 2. The number of nitrogens with zero attached hydrogens (tertiary/aromatic N) is 3. The Hall–Kier alpha value is -2.38. The molecule has 18 nitrogen and oxygen atoms in total. The molecular weight excluding hydrogens is 1070 g/mol. The topological polar surface area (TPSA) is 228 Å². The van der Waals surface area contributed by atoms with Gasteiger partial charge in [-0.2, -0.15) is 0 Å². The Morgan fingerprint density at radius 2 is 1.59 bits per heavy atom. The lowest BCUT2D eigenvalue weighted by Crippen LogP contribution is -2.59. The predicted molar refractivity (Wildman–Crippen MR) is 289 cm³/mol. The molecule has 0 radical (unpaired) electrons. The zero-order chi connectivity index (χ0) is 55.0. The Kier molecular flexibility index (Phi) is 23.2. The SMILES string of the molecule is CCn1cc(C(=O)O)c(=O)c2cc(CCCOCCCCCOC3[C@H](C)O[C@@H](O[C@H]4[C@H](C)C(O[C@@H]5O[C@H](C)C[C@H](N(C)C)[C@H]5O)[C@](C)(O)C[C@@H](C)CN(C)[C@H](C)[C@@H](O)[C@](C)(O)[C@@H](I)OC(=O)[C@@H]4C)C[C@@H]3C)ccc21. The summed E-state index contributed by atoms with van der Waals surface area (Å²) in [5.74, 6) is -3.76. The number of hydrogen-bond donors (Lipinski definition) is 5. The number of esters is 1. The number of pyridine rings is 1. The number of aromatic carboxylic acids is 1. The molecule has 3 fully saturated rings. The summed E-state index contributed by atoms with van der Waals surface area (Å²) in [5.41, 5.74) is -2.41. The molecule has 1 aromatic carbocycles. The third kappa shape index (κ3) is 15.7. The summed E-state index contributed by atoms with van der Waals surface area (Å²) in [7, 11) is 5.63. The molecule has 19 heteroatoms. The molecule has 5 N–H and O–H groups in total. The van der Waals surface area contributed by atoms with Crippen molar-refractivity contribution in [3.63, 3.8) is 0 Å². The van der Waals surface area contributed by atoms with Crippen molar-refractivity contribution in [3.05, 3.63) is 45.7 Å². The number of halogens is 1. The normalized spacial score (nSPS) is 37.4. The second-order valence-electron chi connectivity index (χ2n) is 22.6. The molecule has 0 spiro atoms. The van der Waals surface area contributed by atoms with Crippen molar-refractivity contribution in [1.29, 1.82) is 0 Å². The summed E-state index contributed by atoms with van der Waals surface area (Å²) in [6.45, 7) is 21.1. The Balaban J connectivity index is 1.21. The van der Waals surface area contributed by atoms with E-state index in [1.54, 1.807) is 31.4 Å². The van der Waals surface area contributed by atoms with Crippen LogP contribution in [0.4, 0.5) is 0 Å². The lowest BCUT2D eigenvalue weighted by Gasteiger charge is -2.48. The first-order chi connectivity index (χ1) is 34.7. The minimum Gasteiger partial charge on any atom is -0.477 e. The van der Waals surface area contributed by atoms with Gasteiger partial charge in [0.05, 0.1) is 47.6 Å². The number of rotatable bonds is 18. The van der Waals surface area contributed by atoms with Gasteiger partial charge < -0.3 is 73.1 Å². The smallest absolute Gasteiger partial charge is 0.341 e. The van der Waals surface area contributed by atoms with E-state index in [2.05, 4.69) is 6.92 Å². The van der Waals surface area contributed by atoms with Gasteiger partial charge in [-0.1, -0.05) is 26.8 Å². The molecule has 3 aliphatic heterocycles. The van der Waals surface area contributed by atoms with Gasteiger partial charge in [0.1, 0.15) is 23.4 Å². The molecule has 3 saturated heterocycles. The van der Waals surface area contributed by atoms with Crippen LogP contribution in [-0.2, 0) is 50.9 Å². The summed E-state index contributed by atoms with van der Waals surface area (Å²) < 4.78 is 45.5. The summed E-state index contributed by atoms with van der Waals surface area (Å²) >= 11 is 1.86. The molecule has 74 heavy (non-hydrogen) atoms. The molecule has 0 amide bonds. The van der Waals surface area contributed by atoms with Crippen LogP contribution in [0.15, 0.2) is 29.2 Å². The molecule has 2 aromatic rings. The van der Waals surface area contributed by atoms with Crippen LogP contribution >= 0.6 is 22.6 Å². The molecular formula is C55H90IN3O15. The van der Waals surface area contributed by atoms with Gasteiger partial charge in [0.25, 0.3) is 0 Å². The van der Waals surface area contributed by atoms with Gasteiger partial charge in [0.15, 0.2) is 16.7 Å². The number of aliphatic hydroxyl groups excluding tert-OH is 2. The fourth-order valence-electron chi connectivity index (χ4n) is 11.4. The van der Waals surface area contributed by atoms with Crippen molar-refractivity contribution in [3.8, 4) is 0 Å². The van der Waals surface area contributed by atoms with Crippen LogP contribution < -0.4 is 5.43 Å². The minimum absolute atomic E-state index is 0.00180. The summed E-state index contributed by atoms with van der Waals surface area (Å²) in [6, 6.07) is 4.83. The van der Waals surface area contributed by atoms with E-state index in [1.165, 1.54) is 13.1 Å². The van der Waals surface area contributed by atoms with Crippen molar-refractivity contribution in [2.75, 3.05) is 47.5 Å². The molecule has 2 unspecified atom stereocenters. The molecule has 4 heterocycles. The Morgan fingerprint density at radius 1 is 0.919 bits per heavy atom. The number of unbranched alkanes of at least 4 members (excludes halogenated alkanes) is 2. The van der Waals surface area contributed by atoms with Gasteiger partial charge in [-0.15, -0.1) is 0 Å². The summed E-state index contributed by atoms with van der Waals surface area (Å²) in [6.07, 6.45) is -0.385. The molecule has 0 bridgehead atoms. The van der Waals surface area contributed by atoms with Crippen molar-refractivity contribution in [1.82, 2.24) is 14.4 Å². The number of alkyl halides is 1. The summed E-state index contributed by atoms with van der Waals surface area (Å²) in [4.78, 5) is 42.8. The largest absolute Gasteiger partial charge is 0.477 e. The number of cyclic esters (lactones) is 1. The number of likely N-dealkylation sites (N-methyl/N-ethyl adjacent to an activating group) is 2. The predicted octanol–water partition coefficient (Wildman–Crippen LogP) is 5.99. The number of fused-ring (bicyclic) bond motifs is 1. The number of carbonyl (C=O) groups excluding carboxylic acids is 1. The van der Waals surface area contributed by atoms with Crippen LogP contribution in [0.1, 0.15) is 130 Å². The number of carboxylic acids is 1. The lowest BCUT2D eigenvalue weighted by atomic mass is 9.77. The standard InChI is InChI=1S/C55H90IN3O15/c1-14-59-30-40(50(63)64)44(60)39-27-38(20-21-41(39)59)19-18-23-68-22-16-15-17-24-69-46-32(3)25-43(71-37(46)8)72-47-34(5)49(73-52-45(61)42(57(11)12)26-33(4)70-52)54(9,66)28-31(2)29-58(13)36(7)48(62)55(10,67)53(56)74-51(65)35(47)6/h20-21,27,30-37,42-43,45-49,52-53,61-62,66-67H,14-19,22-26,28-29H2,1-13H3,(H,63,64)/t31-,32+,33-,34+,35-,36-,37+,42+,43+,45-,46?,47+,48-,49?,52+,53+,54-,55+/m1/s1. The zero-order valence-electron chi connectivity index (χ0n) is 46.3. The summed E-state index contributed by atoms with van der Waals surface area (Å²) in [5, 5.41) is 57.5. The third-order valence-corrected chi connectivity index (χ3v) is 17.3. The Morgan fingerprint density at radius 3 is 2.24 bits per heavy atom. The fourth-order valence-corrected chi connectivity index (χ4v) is 12.0. The second kappa shape index (κ2) is 27.5. The first-order valence-electron chi connectivity index (χ1n) is 26.9. The van der Waals surface area contributed by atoms with Crippen molar-refractivity contribution in [2.24, 2.45) is 23.7 Å². The molecule has 3 aliphatic rings. The van der Waals surface area contributed by atoms with Crippen LogP contribution in [0.2, 0.25) is 0 Å². The molecule has 5 rings (SSSR count). The van der Waals surface area contributed by atoms with E-state index in [-0.39, 0.29) is 48.2 Å². The quantitative estimate of drug-likeness (QED) is 0.0500. The van der Waals surface area contributed by atoms with Crippen molar-refractivity contribution < 1.29 is 68.3 Å². The number of benzene rings is 1. The van der Waals surface area contributed by atoms with E-state index in [0.29, 0.717) is 57.6 Å². The van der Waals surface area contributed by atoms with Crippen molar-refractivity contribution >= 4 is 45.4 Å². The number of carboxylic acid groups (broad SMARTS) is 1. The average molecular weight is 1160 g/mol. The van der Waals surface area contributed by atoms with Crippen LogP contribution in [0, 0.1) is 23.7 Å². The maximum absolute atomic E-state index is 14.3. The van der Waals surface area contributed by atoms with E-state index >= 15 is 0 Å². The van der Waals surface area contributed by atoms with E-state index in [9.17, 15) is 39.9 Å². The minimum atomic E-state index is -1.83. The highest BCUT2D eigenvalue weighted by atomic mass is 127. The Labute approximate surface area is 452 Å². The van der Waals surface area contributed by atoms with Gasteiger partial charge in [-0.25, -0.2) is 4.79 Å². The number of ether oxygens (including phenoxy) is 7. The van der Waals surface area contributed by atoms with E-state index in [0.717, 1.165) is 36.8 Å². The molecule has 1 aromatic heterocycles. The van der Waals surface area contributed by atoms with Crippen LogP contribution in [0.3, 0.4) is 0 Å². The first kappa shape index (κ1) is 62.5. The number of aromatic nitrogens is 1. The average Bonchev–Trinajstić information content (AvgIpc) is 3.32. The molecule has 0 saturated carbocycles. The van der Waals surface area contributed by atoms with E-state index in [1.807, 2.05) is 100 Å². The van der Waals surface area contributed by atoms with Crippen LogP contribution in [0.5, 0.6) is 0 Å². The van der Waals surface area contributed by atoms with Gasteiger partial charge >= 0.3 is 11.9 Å². The highest BCUT2D eigenvalue weighted by molar-refractivity contribution is 14.1. The fraction of sp³-hybridized carbons (Fsp3) is 0.800. The maximum Gasteiger partial charge on any atom is 0.341 e. The number of aliphatic hydroxyl groups is 4. The second-order valence-corrected chi connectivity index (χ2v) is 23.7. The highest BCUT2D eigenvalue weighted by Gasteiger charge is 2.51. The van der Waals surface area contributed by atoms with Crippen molar-refractivity contribution in [2.45, 2.75) is 210 Å². The highest BCUT2D eigenvalue weighted by Crippen LogP contribution is 2.40. The van der Waals surface area contributed by atoms with Gasteiger partial charge in [-0.3, -0.25) is 9.59 Å². The zero-order valence-corrected chi connectivity index (χ0v) is 48.4. The molecule has 18 atom stereocenters. The molecule has 422 valence electrons. The van der Waals surface area contributed by atoms with E-state index in [4.69, 9.17) is 33.2 Å². The molecule has 0 aliphatic carbocycles. The van der Waals surface area contributed by atoms with Gasteiger partial charge in [-0.05, 0) is 167 Å². The number of hydrogen-bond acceptors (Lipinski definition) is 16. The lowest BCUT2D eigenvalue weighted by molar-refractivity contribution is -0.310. The number of aryl methyl sites for hydroxylation is 2. The first-order valence-corrected chi connectivity index (χ1v) is 28.2.